The first kappa shape index (κ1) is 10.1. The first-order valence-corrected chi connectivity index (χ1v) is 5.25. The van der Waals surface area contributed by atoms with Crippen LogP contribution >= 0.6 is 11.6 Å². The van der Waals surface area contributed by atoms with E-state index in [1.165, 1.54) is 5.56 Å². The number of nitriles is 1. The van der Waals surface area contributed by atoms with Crippen molar-refractivity contribution in [2.45, 2.75) is 20.4 Å². The van der Waals surface area contributed by atoms with Crippen molar-refractivity contribution < 1.29 is 0 Å². The zero-order valence-electron chi connectivity index (χ0n) is 8.71. The SMILES string of the molecule is CCn1c(Cl)c(C#N)c2ccc(C)cc21. The lowest BCUT2D eigenvalue weighted by atomic mass is 10.1. The standard InChI is InChI=1S/C12H11ClN2/c1-3-15-11-6-8(2)4-5-9(11)10(7-14)12(15)13/h4-6H,3H2,1-2H3. The summed E-state index contributed by atoms with van der Waals surface area (Å²) in [5, 5.41) is 10.5. The third kappa shape index (κ3) is 1.40. The molecule has 76 valence electrons. The number of benzene rings is 1. The molecule has 1 aromatic heterocycles. The quantitative estimate of drug-likeness (QED) is 0.720. The van der Waals surface area contributed by atoms with Crippen LogP contribution in [0.5, 0.6) is 0 Å². The molecule has 0 aliphatic heterocycles. The summed E-state index contributed by atoms with van der Waals surface area (Å²) < 4.78 is 1.96. The highest BCUT2D eigenvalue weighted by Gasteiger charge is 2.13. The van der Waals surface area contributed by atoms with Gasteiger partial charge in [0.2, 0.25) is 0 Å². The smallest absolute Gasteiger partial charge is 0.128 e. The van der Waals surface area contributed by atoms with E-state index in [1.54, 1.807) is 0 Å². The molecule has 15 heavy (non-hydrogen) atoms. The summed E-state index contributed by atoms with van der Waals surface area (Å²) in [6.07, 6.45) is 0. The molecule has 1 heterocycles. The van der Waals surface area contributed by atoms with Crippen molar-refractivity contribution >= 4 is 22.5 Å². The van der Waals surface area contributed by atoms with E-state index >= 15 is 0 Å². The molecule has 2 aromatic rings. The summed E-state index contributed by atoms with van der Waals surface area (Å²) in [7, 11) is 0. The molecule has 0 amide bonds. The van der Waals surface area contributed by atoms with E-state index in [0.717, 1.165) is 17.4 Å². The Kier molecular flexibility index (Phi) is 2.42. The van der Waals surface area contributed by atoms with Gasteiger partial charge in [-0.05, 0) is 25.5 Å². The average Bonchev–Trinajstić information content (AvgIpc) is 2.48. The van der Waals surface area contributed by atoms with Crippen molar-refractivity contribution in [2.75, 3.05) is 0 Å². The second-order valence-corrected chi connectivity index (χ2v) is 3.90. The van der Waals surface area contributed by atoms with Gasteiger partial charge in [-0.25, -0.2) is 0 Å². The minimum absolute atomic E-state index is 0.542. The maximum atomic E-state index is 9.05. The molecular weight excluding hydrogens is 208 g/mol. The number of hydrogen-bond donors (Lipinski definition) is 0. The van der Waals surface area contributed by atoms with Crippen molar-refractivity contribution in [3.8, 4) is 6.07 Å². The molecule has 0 unspecified atom stereocenters. The van der Waals surface area contributed by atoms with Gasteiger partial charge >= 0.3 is 0 Å². The van der Waals surface area contributed by atoms with Crippen molar-refractivity contribution in [3.63, 3.8) is 0 Å². The fourth-order valence-electron chi connectivity index (χ4n) is 1.84. The number of nitrogens with zero attached hydrogens (tertiary/aromatic N) is 2. The number of fused-ring (bicyclic) bond motifs is 1. The topological polar surface area (TPSA) is 28.7 Å². The Morgan fingerprint density at radius 3 is 2.80 bits per heavy atom. The van der Waals surface area contributed by atoms with Crippen molar-refractivity contribution in [2.24, 2.45) is 0 Å². The monoisotopic (exact) mass is 218 g/mol. The molecule has 0 atom stereocenters. The molecule has 0 saturated carbocycles. The van der Waals surface area contributed by atoms with Crippen LogP contribution in [0.1, 0.15) is 18.1 Å². The van der Waals surface area contributed by atoms with Crippen LogP contribution in [0.4, 0.5) is 0 Å². The van der Waals surface area contributed by atoms with Crippen molar-refractivity contribution in [1.82, 2.24) is 4.57 Å². The van der Waals surface area contributed by atoms with E-state index in [4.69, 9.17) is 16.9 Å². The Bertz CT molecular complexity index is 561. The van der Waals surface area contributed by atoms with E-state index in [1.807, 2.05) is 30.5 Å². The summed E-state index contributed by atoms with van der Waals surface area (Å²) in [4.78, 5) is 0. The fourth-order valence-corrected chi connectivity index (χ4v) is 2.20. The highest BCUT2D eigenvalue weighted by Crippen LogP contribution is 2.29. The maximum Gasteiger partial charge on any atom is 0.128 e. The minimum atomic E-state index is 0.542. The molecular formula is C12H11ClN2. The summed E-state index contributed by atoms with van der Waals surface area (Å²) in [6, 6.07) is 8.18. The molecule has 2 nitrogen and oxygen atoms in total. The van der Waals surface area contributed by atoms with Gasteiger partial charge in [0.05, 0.1) is 11.1 Å². The van der Waals surface area contributed by atoms with E-state index in [-0.39, 0.29) is 0 Å². The van der Waals surface area contributed by atoms with Crippen molar-refractivity contribution in [3.05, 3.63) is 34.5 Å². The number of rotatable bonds is 1. The predicted octanol–water partition coefficient (Wildman–Crippen LogP) is 3.49. The molecule has 1 aromatic carbocycles. The van der Waals surface area contributed by atoms with Gasteiger partial charge in [0, 0.05) is 11.9 Å². The van der Waals surface area contributed by atoms with Gasteiger partial charge < -0.3 is 4.57 Å². The Morgan fingerprint density at radius 1 is 1.47 bits per heavy atom. The Morgan fingerprint density at radius 2 is 2.20 bits per heavy atom. The molecule has 3 heteroatoms. The number of hydrogen-bond acceptors (Lipinski definition) is 1. The molecule has 0 aliphatic carbocycles. The van der Waals surface area contributed by atoms with Crippen LogP contribution in [-0.2, 0) is 6.54 Å². The summed E-state index contributed by atoms with van der Waals surface area (Å²) >= 11 is 6.15. The molecule has 0 spiro atoms. The van der Waals surface area contributed by atoms with Gasteiger partial charge in [0.1, 0.15) is 11.2 Å². The number of aryl methyl sites for hydroxylation is 2. The van der Waals surface area contributed by atoms with Gasteiger partial charge in [0.15, 0.2) is 0 Å². The van der Waals surface area contributed by atoms with Gasteiger partial charge in [0.25, 0.3) is 0 Å². The van der Waals surface area contributed by atoms with E-state index in [9.17, 15) is 0 Å². The highest BCUT2D eigenvalue weighted by molar-refractivity contribution is 6.32. The Hall–Kier alpha value is -1.46. The second-order valence-electron chi connectivity index (χ2n) is 3.54. The first-order valence-electron chi connectivity index (χ1n) is 4.87. The van der Waals surface area contributed by atoms with Gasteiger partial charge in [-0.1, -0.05) is 23.7 Å². The van der Waals surface area contributed by atoms with Crippen LogP contribution in [0.15, 0.2) is 18.2 Å². The highest BCUT2D eigenvalue weighted by atomic mass is 35.5. The van der Waals surface area contributed by atoms with E-state index < -0.39 is 0 Å². The molecule has 0 fully saturated rings. The number of halogens is 1. The largest absolute Gasteiger partial charge is 0.331 e. The molecule has 0 radical (unpaired) electrons. The van der Waals surface area contributed by atoms with Gasteiger partial charge in [-0.3, -0.25) is 0 Å². The normalized spacial score (nSPS) is 10.5. The summed E-state index contributed by atoms with van der Waals surface area (Å²) in [5.41, 5.74) is 2.79. The van der Waals surface area contributed by atoms with Crippen LogP contribution < -0.4 is 0 Å². The zero-order chi connectivity index (χ0) is 11.0. The first-order chi connectivity index (χ1) is 7.19. The third-order valence-electron chi connectivity index (χ3n) is 2.58. The minimum Gasteiger partial charge on any atom is -0.331 e. The van der Waals surface area contributed by atoms with E-state index in [0.29, 0.717) is 10.7 Å². The molecule has 2 rings (SSSR count). The average molecular weight is 219 g/mol. The Labute approximate surface area is 93.7 Å². The lowest BCUT2D eigenvalue weighted by Crippen LogP contribution is -1.93. The van der Waals surface area contributed by atoms with Crippen LogP contribution in [0.2, 0.25) is 5.15 Å². The molecule has 0 N–H and O–H groups in total. The zero-order valence-corrected chi connectivity index (χ0v) is 9.47. The van der Waals surface area contributed by atoms with Crippen LogP contribution in [0.3, 0.4) is 0 Å². The lowest BCUT2D eigenvalue weighted by Gasteiger charge is -2.02. The molecule has 0 aliphatic rings. The summed E-state index contributed by atoms with van der Waals surface area (Å²) in [6.45, 7) is 4.83. The second kappa shape index (κ2) is 3.60. The molecule has 0 saturated heterocycles. The predicted molar refractivity (Wildman–Crippen MR) is 62.1 cm³/mol. The Balaban J connectivity index is 2.93. The summed E-state index contributed by atoms with van der Waals surface area (Å²) in [5.74, 6) is 0. The van der Waals surface area contributed by atoms with Crippen molar-refractivity contribution in [1.29, 1.82) is 5.26 Å². The maximum absolute atomic E-state index is 9.05. The van der Waals surface area contributed by atoms with Crippen LogP contribution in [0.25, 0.3) is 10.9 Å². The third-order valence-corrected chi connectivity index (χ3v) is 2.98. The van der Waals surface area contributed by atoms with Crippen LogP contribution in [0, 0.1) is 18.3 Å². The van der Waals surface area contributed by atoms with Crippen LogP contribution in [-0.4, -0.2) is 4.57 Å². The van der Waals surface area contributed by atoms with E-state index in [2.05, 4.69) is 12.1 Å². The lowest BCUT2D eigenvalue weighted by molar-refractivity contribution is 0.797. The molecule has 0 bridgehead atoms. The number of aromatic nitrogens is 1. The van der Waals surface area contributed by atoms with Gasteiger partial charge in [-0.2, -0.15) is 5.26 Å². The van der Waals surface area contributed by atoms with Gasteiger partial charge in [-0.15, -0.1) is 0 Å². The fraction of sp³-hybridized carbons (Fsp3) is 0.250.